The third-order valence-electron chi connectivity index (χ3n) is 6.72. The molecule has 0 bridgehead atoms. The molecule has 0 saturated heterocycles. The first kappa shape index (κ1) is 41.2. The average Bonchev–Trinajstić information content (AvgIpc) is 2.96. The lowest BCUT2D eigenvalue weighted by Gasteiger charge is -2.27. The number of aliphatic hydroxyl groups is 1. The van der Waals surface area contributed by atoms with E-state index in [4.69, 9.17) is 17.2 Å². The molecule has 0 aromatic heterocycles. The number of rotatable bonds is 21. The summed E-state index contributed by atoms with van der Waals surface area (Å²) < 4.78 is 4.58. The van der Waals surface area contributed by atoms with E-state index in [9.17, 15) is 38.7 Å². The van der Waals surface area contributed by atoms with Gasteiger partial charge in [-0.05, 0) is 65.3 Å². The van der Waals surface area contributed by atoms with E-state index in [-0.39, 0.29) is 31.6 Å². The summed E-state index contributed by atoms with van der Waals surface area (Å²) >= 11 is 0. The third kappa shape index (κ3) is 16.2. The van der Waals surface area contributed by atoms with E-state index in [2.05, 4.69) is 31.3 Å². The van der Waals surface area contributed by atoms with Gasteiger partial charge in [0, 0.05) is 6.42 Å². The fourth-order valence-corrected chi connectivity index (χ4v) is 4.01. The minimum Gasteiger partial charge on any atom is -0.467 e. The zero-order valence-electron chi connectivity index (χ0n) is 27.0. The number of unbranched alkanes of at least 4 members (excludes halogenated alkanes) is 1. The van der Waals surface area contributed by atoms with Crippen molar-refractivity contribution in [2.75, 3.05) is 13.7 Å². The number of hydrogen-bond acceptors (Lipinski definition) is 11. The molecular weight excluding hydrogens is 592 g/mol. The lowest BCUT2D eigenvalue weighted by Crippen LogP contribution is -2.59. The van der Waals surface area contributed by atoms with Crippen LogP contribution in [0.2, 0.25) is 0 Å². The van der Waals surface area contributed by atoms with Gasteiger partial charge in [0.15, 0.2) is 0 Å². The highest BCUT2D eigenvalue weighted by Crippen LogP contribution is 2.09. The van der Waals surface area contributed by atoms with E-state index in [1.807, 2.05) is 13.8 Å². The molecule has 0 radical (unpaired) electrons. The number of methoxy groups -OCH3 is 1. The molecule has 0 spiro atoms. The Kier molecular flexibility index (Phi) is 19.2. The van der Waals surface area contributed by atoms with Crippen LogP contribution in [0.1, 0.15) is 73.1 Å². The lowest BCUT2D eigenvalue weighted by atomic mass is 10.0. The van der Waals surface area contributed by atoms with Crippen molar-refractivity contribution in [3.05, 3.63) is 0 Å². The van der Waals surface area contributed by atoms with E-state index >= 15 is 0 Å². The van der Waals surface area contributed by atoms with E-state index in [1.54, 1.807) is 0 Å². The van der Waals surface area contributed by atoms with Crippen molar-refractivity contribution < 1.29 is 43.4 Å². The highest BCUT2D eigenvalue weighted by atomic mass is 16.5. The van der Waals surface area contributed by atoms with Crippen LogP contribution in [0.15, 0.2) is 0 Å². The molecule has 0 aromatic rings. The van der Waals surface area contributed by atoms with Gasteiger partial charge >= 0.3 is 5.97 Å². The number of hydrogen-bond donors (Lipinski definition) is 9. The standard InChI is InChI=1S/C28H52N8O9/c1-14(2)13-20(36-25(41)19(10-11-21(30)38)35-27(43)22(31)17(5)37)26(42)34-18(9-7-8-12-29)24(40)32-15(3)23(39)33-16(4)28(44)45-6/h14-20,22,37H,7-13,29,31H2,1-6H3,(H2,30,38)(H,32,40)(H,33,39)(H,34,42)(H,35,43)(H,36,41)/t15-,16+,17-,18-,19-,20-,22-/m1/s1. The Morgan fingerprint density at radius 1 is 0.689 bits per heavy atom. The van der Waals surface area contributed by atoms with Gasteiger partial charge in [-0.25, -0.2) is 4.79 Å². The van der Waals surface area contributed by atoms with Crippen LogP contribution in [0.25, 0.3) is 0 Å². The molecule has 17 heteroatoms. The maximum atomic E-state index is 13.5. The predicted molar refractivity (Wildman–Crippen MR) is 163 cm³/mol. The normalized spacial score (nSPS) is 15.7. The van der Waals surface area contributed by atoms with Crippen LogP contribution in [-0.2, 0) is 38.3 Å². The number of amides is 6. The largest absolute Gasteiger partial charge is 0.467 e. The summed E-state index contributed by atoms with van der Waals surface area (Å²) in [6.07, 6.45) is -0.377. The van der Waals surface area contributed by atoms with E-state index in [1.165, 1.54) is 27.9 Å². The molecule has 0 aliphatic carbocycles. The van der Waals surface area contributed by atoms with Gasteiger partial charge < -0.3 is 53.6 Å². The Balaban J connectivity index is 5.88. The molecule has 0 aromatic carbocycles. The number of nitrogens with one attached hydrogen (secondary N) is 5. The van der Waals surface area contributed by atoms with Gasteiger partial charge in [0.25, 0.3) is 0 Å². The number of carbonyl (C=O) groups is 7. The molecule has 0 unspecified atom stereocenters. The van der Waals surface area contributed by atoms with Crippen molar-refractivity contribution >= 4 is 41.4 Å². The molecule has 45 heavy (non-hydrogen) atoms. The summed E-state index contributed by atoms with van der Waals surface area (Å²) in [6.45, 7) is 8.07. The van der Waals surface area contributed by atoms with Gasteiger partial charge in [0.1, 0.15) is 36.3 Å². The zero-order chi connectivity index (χ0) is 34.9. The van der Waals surface area contributed by atoms with Gasteiger partial charge in [-0.3, -0.25) is 28.8 Å². The first-order valence-electron chi connectivity index (χ1n) is 15.0. The Morgan fingerprint density at radius 2 is 1.18 bits per heavy atom. The first-order valence-corrected chi connectivity index (χ1v) is 15.0. The van der Waals surface area contributed by atoms with Crippen molar-refractivity contribution in [3.8, 4) is 0 Å². The fraction of sp³-hybridized carbons (Fsp3) is 0.750. The van der Waals surface area contributed by atoms with E-state index < -0.39 is 83.8 Å². The van der Waals surface area contributed by atoms with Crippen LogP contribution in [0, 0.1) is 5.92 Å². The third-order valence-corrected chi connectivity index (χ3v) is 6.72. The second-order valence-corrected chi connectivity index (χ2v) is 11.4. The van der Waals surface area contributed by atoms with E-state index in [0.717, 1.165) is 0 Å². The second kappa shape index (κ2) is 21.0. The zero-order valence-corrected chi connectivity index (χ0v) is 27.0. The van der Waals surface area contributed by atoms with Crippen molar-refractivity contribution in [3.63, 3.8) is 0 Å². The van der Waals surface area contributed by atoms with Gasteiger partial charge in [-0.15, -0.1) is 0 Å². The number of ether oxygens (including phenoxy) is 1. The topological polar surface area (TPSA) is 287 Å². The quantitative estimate of drug-likeness (QED) is 0.0442. The van der Waals surface area contributed by atoms with Gasteiger partial charge in [0.2, 0.25) is 35.4 Å². The molecule has 7 atom stereocenters. The molecule has 12 N–H and O–H groups in total. The molecule has 0 saturated carbocycles. The van der Waals surface area contributed by atoms with Gasteiger partial charge in [0.05, 0.1) is 13.2 Å². The van der Waals surface area contributed by atoms with E-state index in [0.29, 0.717) is 19.4 Å². The Hall–Kier alpha value is -3.83. The molecule has 17 nitrogen and oxygen atoms in total. The number of carbonyl (C=O) groups excluding carboxylic acids is 7. The van der Waals surface area contributed by atoms with Crippen LogP contribution < -0.4 is 43.8 Å². The maximum Gasteiger partial charge on any atom is 0.328 e. The minimum absolute atomic E-state index is 0.103. The molecule has 0 heterocycles. The summed E-state index contributed by atoms with van der Waals surface area (Å²) in [5.41, 5.74) is 16.5. The Morgan fingerprint density at radius 3 is 1.69 bits per heavy atom. The maximum absolute atomic E-state index is 13.5. The summed E-state index contributed by atoms with van der Waals surface area (Å²) in [6, 6.07) is -6.98. The SMILES string of the molecule is COC(=O)[C@H](C)NC(=O)[C@@H](C)NC(=O)[C@@H](CCCCN)NC(=O)[C@@H](CC(C)C)NC(=O)[C@@H](CCC(N)=O)NC(=O)[C@H](N)[C@@H](C)O. The number of aliphatic hydroxyl groups excluding tert-OH is 1. The van der Waals surface area contributed by atoms with Crippen molar-refractivity contribution in [2.24, 2.45) is 23.1 Å². The average molecular weight is 645 g/mol. The molecule has 0 fully saturated rings. The molecule has 258 valence electrons. The smallest absolute Gasteiger partial charge is 0.328 e. The number of primary amides is 1. The lowest BCUT2D eigenvalue weighted by molar-refractivity contribution is -0.144. The predicted octanol–water partition coefficient (Wildman–Crippen LogP) is -3.23. The highest BCUT2D eigenvalue weighted by Gasteiger charge is 2.32. The van der Waals surface area contributed by atoms with Gasteiger partial charge in [-0.1, -0.05) is 13.8 Å². The Labute approximate surface area is 263 Å². The van der Waals surface area contributed by atoms with Crippen molar-refractivity contribution in [2.45, 2.75) is 115 Å². The fourth-order valence-electron chi connectivity index (χ4n) is 4.01. The Bertz CT molecular complexity index is 1020. The highest BCUT2D eigenvalue weighted by molar-refractivity contribution is 5.96. The molecule has 0 aliphatic rings. The summed E-state index contributed by atoms with van der Waals surface area (Å²) in [4.78, 5) is 87.9. The monoisotopic (exact) mass is 644 g/mol. The summed E-state index contributed by atoms with van der Waals surface area (Å²) in [7, 11) is 1.17. The first-order chi connectivity index (χ1) is 20.9. The molecule has 0 aliphatic heterocycles. The summed E-state index contributed by atoms with van der Waals surface area (Å²) in [5.74, 6) is -5.20. The number of esters is 1. The second-order valence-electron chi connectivity index (χ2n) is 11.4. The molecule has 0 rings (SSSR count). The van der Waals surface area contributed by atoms with Crippen LogP contribution in [0.4, 0.5) is 0 Å². The molecular formula is C28H52N8O9. The van der Waals surface area contributed by atoms with Crippen molar-refractivity contribution in [1.82, 2.24) is 26.6 Å². The summed E-state index contributed by atoms with van der Waals surface area (Å²) in [5, 5.41) is 22.2. The van der Waals surface area contributed by atoms with Crippen molar-refractivity contribution in [1.29, 1.82) is 0 Å². The van der Waals surface area contributed by atoms with Crippen LogP contribution in [-0.4, -0.2) is 103 Å². The molecule has 6 amide bonds. The van der Waals surface area contributed by atoms with Crippen LogP contribution in [0.3, 0.4) is 0 Å². The number of nitrogens with two attached hydrogens (primary N) is 3. The van der Waals surface area contributed by atoms with Crippen LogP contribution >= 0.6 is 0 Å². The minimum atomic E-state index is -1.36. The van der Waals surface area contributed by atoms with Crippen LogP contribution in [0.5, 0.6) is 0 Å². The van der Waals surface area contributed by atoms with Gasteiger partial charge in [-0.2, -0.15) is 0 Å².